The molecule has 0 saturated carbocycles. The molecule has 6 heteroatoms. The smallest absolute Gasteiger partial charge is 0.195 e. The van der Waals surface area contributed by atoms with E-state index in [0.717, 1.165) is 16.8 Å². The summed E-state index contributed by atoms with van der Waals surface area (Å²) in [4.78, 5) is 46.1. The SMILES string of the molecule is COc1ccc([C@H]2[C@H](C(=O)c3cccs3)N3c4ccccc4C=CC3C23C(=O)c2ccccc2C3=O)cc1. The van der Waals surface area contributed by atoms with Gasteiger partial charge in [-0.3, -0.25) is 14.4 Å². The van der Waals surface area contributed by atoms with Crippen LogP contribution < -0.4 is 9.64 Å². The monoisotopic (exact) mass is 517 g/mol. The third-order valence-corrected chi connectivity index (χ3v) is 9.10. The molecule has 38 heavy (non-hydrogen) atoms. The van der Waals surface area contributed by atoms with Crippen molar-refractivity contribution in [2.24, 2.45) is 5.41 Å². The highest BCUT2D eigenvalue weighted by molar-refractivity contribution is 7.12. The number of carbonyl (C=O) groups is 3. The van der Waals surface area contributed by atoms with Gasteiger partial charge in [-0.25, -0.2) is 0 Å². The van der Waals surface area contributed by atoms with Crippen molar-refractivity contribution in [1.82, 2.24) is 0 Å². The maximum atomic E-state index is 14.5. The number of fused-ring (bicyclic) bond motifs is 5. The third-order valence-electron chi connectivity index (χ3n) is 8.22. The Kier molecular flexibility index (Phi) is 5.03. The molecule has 1 unspecified atom stereocenters. The Morgan fingerprint density at radius 1 is 0.868 bits per heavy atom. The summed E-state index contributed by atoms with van der Waals surface area (Å²) in [5, 5.41) is 1.88. The van der Waals surface area contributed by atoms with Gasteiger partial charge in [-0.05, 0) is 40.8 Å². The van der Waals surface area contributed by atoms with Gasteiger partial charge in [-0.2, -0.15) is 0 Å². The lowest BCUT2D eigenvalue weighted by atomic mass is 9.64. The Morgan fingerprint density at radius 3 is 2.21 bits per heavy atom. The maximum Gasteiger partial charge on any atom is 0.195 e. The van der Waals surface area contributed by atoms with Gasteiger partial charge in [0.05, 0.1) is 18.0 Å². The Morgan fingerprint density at radius 2 is 1.55 bits per heavy atom. The molecule has 1 fully saturated rings. The number of carbonyl (C=O) groups excluding carboxylic acids is 3. The third kappa shape index (κ3) is 2.89. The summed E-state index contributed by atoms with van der Waals surface area (Å²) in [6.45, 7) is 0. The summed E-state index contributed by atoms with van der Waals surface area (Å²) in [6, 6.07) is 24.6. The number of methoxy groups -OCH3 is 1. The number of benzene rings is 3. The number of ketones is 3. The number of hydrogen-bond donors (Lipinski definition) is 0. The molecule has 3 aromatic carbocycles. The van der Waals surface area contributed by atoms with Gasteiger partial charge in [-0.15, -0.1) is 11.3 Å². The first-order valence-electron chi connectivity index (χ1n) is 12.5. The van der Waals surface area contributed by atoms with Crippen LogP contribution in [0.4, 0.5) is 5.69 Å². The lowest BCUT2D eigenvalue weighted by Crippen LogP contribution is -2.48. The summed E-state index contributed by atoms with van der Waals surface area (Å²) in [5.74, 6) is -0.586. The molecule has 0 bridgehead atoms. The van der Waals surface area contributed by atoms with E-state index in [-0.39, 0.29) is 17.3 Å². The highest BCUT2D eigenvalue weighted by Gasteiger charge is 2.71. The molecule has 2 aliphatic heterocycles. The maximum absolute atomic E-state index is 14.5. The lowest BCUT2D eigenvalue weighted by Gasteiger charge is -2.37. The number of Topliss-reactive ketones (excluding diaryl/α,β-unsaturated/α-hetero) is 3. The van der Waals surface area contributed by atoms with Crippen LogP contribution in [0.15, 0.2) is 96.4 Å². The summed E-state index contributed by atoms with van der Waals surface area (Å²) in [7, 11) is 1.60. The standard InChI is InChI=1S/C32H23NO4S/c1-37-21-15-12-20(13-16-21)27-28(29(34)25-11-6-18-38-25)33-24-10-5-2-7-19(24)14-17-26(33)32(27)30(35)22-8-3-4-9-23(22)31(32)36/h2-18,26-28H,1H3/t26?,27-,28+/m0/s1. The first-order valence-corrected chi connectivity index (χ1v) is 13.4. The van der Waals surface area contributed by atoms with Crippen LogP contribution in [0.3, 0.4) is 0 Å². The predicted octanol–water partition coefficient (Wildman–Crippen LogP) is 6.07. The second-order valence-corrected chi connectivity index (χ2v) is 10.8. The first kappa shape index (κ1) is 22.9. The topological polar surface area (TPSA) is 63.7 Å². The fourth-order valence-corrected chi connectivity index (χ4v) is 7.36. The quantitative estimate of drug-likeness (QED) is 0.243. The largest absolute Gasteiger partial charge is 0.497 e. The molecular formula is C32H23NO4S. The normalized spacial score (nSPS) is 22.3. The summed E-state index contributed by atoms with van der Waals surface area (Å²) in [5.41, 5.74) is 1.92. The highest BCUT2D eigenvalue weighted by atomic mass is 32.1. The van der Waals surface area contributed by atoms with Gasteiger partial charge in [0.15, 0.2) is 17.3 Å². The highest BCUT2D eigenvalue weighted by Crippen LogP contribution is 2.61. The zero-order valence-corrected chi connectivity index (χ0v) is 21.4. The minimum absolute atomic E-state index is 0.0932. The van der Waals surface area contributed by atoms with Crippen LogP contribution in [0, 0.1) is 5.41 Å². The average Bonchev–Trinajstić information content (AvgIpc) is 3.66. The van der Waals surface area contributed by atoms with Gasteiger partial charge in [0.1, 0.15) is 17.2 Å². The van der Waals surface area contributed by atoms with Crippen LogP contribution in [0.1, 0.15) is 47.4 Å². The molecule has 7 rings (SSSR count). The molecular weight excluding hydrogens is 494 g/mol. The van der Waals surface area contributed by atoms with Gasteiger partial charge >= 0.3 is 0 Å². The Balaban J connectivity index is 1.55. The van der Waals surface area contributed by atoms with E-state index in [1.807, 2.05) is 83.1 Å². The van der Waals surface area contributed by atoms with Gasteiger partial charge in [-0.1, -0.05) is 72.8 Å². The van der Waals surface area contributed by atoms with Crippen molar-refractivity contribution in [2.45, 2.75) is 18.0 Å². The van der Waals surface area contributed by atoms with Crippen LogP contribution >= 0.6 is 11.3 Å². The van der Waals surface area contributed by atoms with Gasteiger partial charge in [0.2, 0.25) is 0 Å². The molecule has 0 N–H and O–H groups in total. The summed E-state index contributed by atoms with van der Waals surface area (Å²) >= 11 is 1.38. The lowest BCUT2D eigenvalue weighted by molar-refractivity contribution is 0.0666. The number of para-hydroxylation sites is 1. The molecule has 1 saturated heterocycles. The molecule has 1 spiro atoms. The van der Waals surface area contributed by atoms with E-state index in [9.17, 15) is 14.4 Å². The van der Waals surface area contributed by atoms with Gasteiger partial charge < -0.3 is 9.64 Å². The molecule has 1 aromatic heterocycles. The van der Waals surface area contributed by atoms with E-state index in [2.05, 4.69) is 0 Å². The van der Waals surface area contributed by atoms with E-state index in [4.69, 9.17) is 4.74 Å². The van der Waals surface area contributed by atoms with Crippen LogP contribution in [-0.4, -0.2) is 36.5 Å². The van der Waals surface area contributed by atoms with Crippen molar-refractivity contribution < 1.29 is 19.1 Å². The first-order chi connectivity index (χ1) is 18.6. The fraction of sp³-hybridized carbons (Fsp3) is 0.156. The van der Waals surface area contributed by atoms with Crippen molar-refractivity contribution >= 4 is 40.4 Å². The van der Waals surface area contributed by atoms with E-state index in [1.165, 1.54) is 11.3 Å². The van der Waals surface area contributed by atoms with E-state index >= 15 is 0 Å². The molecule has 0 amide bonds. The molecule has 186 valence electrons. The van der Waals surface area contributed by atoms with Crippen LogP contribution in [-0.2, 0) is 0 Å². The fourth-order valence-electron chi connectivity index (χ4n) is 6.67. The average molecular weight is 518 g/mol. The van der Waals surface area contributed by atoms with Crippen molar-refractivity contribution in [1.29, 1.82) is 0 Å². The molecule has 3 aliphatic rings. The molecule has 4 aromatic rings. The molecule has 3 heterocycles. The molecule has 3 atom stereocenters. The van der Waals surface area contributed by atoms with Gasteiger partial charge in [0.25, 0.3) is 0 Å². The van der Waals surface area contributed by atoms with Crippen molar-refractivity contribution in [3.63, 3.8) is 0 Å². The Labute approximate surface area is 224 Å². The van der Waals surface area contributed by atoms with Gasteiger partial charge in [0, 0.05) is 22.7 Å². The van der Waals surface area contributed by atoms with Crippen LogP contribution in [0.2, 0.25) is 0 Å². The van der Waals surface area contributed by atoms with Crippen LogP contribution in [0.25, 0.3) is 6.08 Å². The van der Waals surface area contributed by atoms with Crippen molar-refractivity contribution in [2.75, 3.05) is 12.0 Å². The number of hydrogen-bond acceptors (Lipinski definition) is 6. The van der Waals surface area contributed by atoms with E-state index < -0.39 is 23.4 Å². The van der Waals surface area contributed by atoms with Crippen molar-refractivity contribution in [3.05, 3.63) is 124 Å². The van der Waals surface area contributed by atoms with E-state index in [1.54, 1.807) is 31.4 Å². The zero-order valence-electron chi connectivity index (χ0n) is 20.5. The van der Waals surface area contributed by atoms with E-state index in [0.29, 0.717) is 21.8 Å². The number of thiophene rings is 1. The Hall–Kier alpha value is -4.29. The number of ether oxygens (including phenoxy) is 1. The summed E-state index contributed by atoms with van der Waals surface area (Å²) < 4.78 is 5.40. The number of anilines is 1. The minimum atomic E-state index is -1.49. The predicted molar refractivity (Wildman–Crippen MR) is 147 cm³/mol. The number of nitrogens with zero attached hydrogens (tertiary/aromatic N) is 1. The molecule has 0 radical (unpaired) electrons. The molecule has 1 aliphatic carbocycles. The Bertz CT molecular complexity index is 1600. The van der Waals surface area contributed by atoms with Crippen molar-refractivity contribution in [3.8, 4) is 5.75 Å². The summed E-state index contributed by atoms with van der Waals surface area (Å²) in [6.07, 6.45) is 3.92. The second kappa shape index (κ2) is 8.36. The number of rotatable bonds is 4. The second-order valence-electron chi connectivity index (χ2n) is 9.88. The zero-order chi connectivity index (χ0) is 26.0. The van der Waals surface area contributed by atoms with Crippen LogP contribution in [0.5, 0.6) is 5.75 Å². The minimum Gasteiger partial charge on any atom is -0.497 e. The molecule has 5 nitrogen and oxygen atoms in total.